The maximum Gasteiger partial charge on any atom is 0.164 e. The lowest BCUT2D eigenvalue weighted by atomic mass is 10.0. The molecule has 0 aliphatic rings. The Labute approximate surface area is 395 Å². The van der Waals surface area contributed by atoms with Crippen LogP contribution in [0.25, 0.3) is 136 Å². The summed E-state index contributed by atoms with van der Waals surface area (Å²) in [4.78, 5) is 16.0. The lowest BCUT2D eigenvalue weighted by Crippen LogP contribution is -2.02. The number of fused-ring (bicyclic) bond motifs is 9. The molecule has 0 aliphatic carbocycles. The molecule has 14 rings (SSSR count). The second-order valence-electron chi connectivity index (χ2n) is 17.6. The van der Waals surface area contributed by atoms with E-state index in [-0.39, 0.29) is 0 Å². The fourth-order valence-corrected chi connectivity index (χ4v) is 11.4. The highest BCUT2D eigenvalue weighted by molar-refractivity contribution is 7.26. The molecule has 0 spiro atoms. The van der Waals surface area contributed by atoms with Crippen molar-refractivity contribution in [1.82, 2.24) is 19.5 Å². The van der Waals surface area contributed by atoms with E-state index in [1.165, 1.54) is 63.3 Å². The van der Waals surface area contributed by atoms with Crippen LogP contribution >= 0.6 is 11.3 Å². The molecule has 0 N–H and O–H groups in total. The molecule has 0 bridgehead atoms. The van der Waals surface area contributed by atoms with Gasteiger partial charge in [0.2, 0.25) is 0 Å². The predicted octanol–water partition coefficient (Wildman–Crippen LogP) is 17.1. The van der Waals surface area contributed by atoms with Crippen LogP contribution in [0.15, 0.2) is 231 Å². The van der Waals surface area contributed by atoms with Gasteiger partial charge in [0.25, 0.3) is 0 Å². The molecule has 11 aromatic carbocycles. The van der Waals surface area contributed by atoms with E-state index < -0.39 is 0 Å². The average molecular weight is 883 g/mol. The maximum absolute atomic E-state index is 5.41. The number of aromatic nitrogens is 4. The van der Waals surface area contributed by atoms with Crippen molar-refractivity contribution in [2.45, 2.75) is 0 Å². The Hall–Kier alpha value is -8.77. The Bertz CT molecular complexity index is 4210. The van der Waals surface area contributed by atoms with E-state index in [9.17, 15) is 0 Å². The highest BCUT2D eigenvalue weighted by atomic mass is 32.1. The molecule has 14 aromatic rings. The van der Waals surface area contributed by atoms with E-state index in [0.29, 0.717) is 17.5 Å². The Balaban J connectivity index is 1.06. The van der Waals surface area contributed by atoms with E-state index in [4.69, 9.17) is 15.0 Å². The zero-order valence-electron chi connectivity index (χ0n) is 36.6. The van der Waals surface area contributed by atoms with Crippen LogP contribution in [0.4, 0.5) is 0 Å². The number of benzene rings is 11. The van der Waals surface area contributed by atoms with Crippen molar-refractivity contribution in [3.05, 3.63) is 231 Å². The van der Waals surface area contributed by atoms with Gasteiger partial charge in [-0.15, -0.1) is 11.3 Å². The van der Waals surface area contributed by atoms with Gasteiger partial charge in [-0.1, -0.05) is 176 Å². The summed E-state index contributed by atoms with van der Waals surface area (Å²) < 4.78 is 4.91. The minimum absolute atomic E-state index is 0.615. The summed E-state index contributed by atoms with van der Waals surface area (Å²) >= 11 is 1.83. The molecule has 4 nitrogen and oxygen atoms in total. The zero-order chi connectivity index (χ0) is 44.7. The molecule has 0 fully saturated rings. The average Bonchev–Trinajstić information content (AvgIpc) is 3.92. The molecular weight excluding hydrogens is 845 g/mol. The topological polar surface area (TPSA) is 43.6 Å². The summed E-state index contributed by atoms with van der Waals surface area (Å²) in [5.41, 5.74) is 10.7. The molecule has 0 amide bonds. The number of hydrogen-bond acceptors (Lipinski definition) is 4. The van der Waals surface area contributed by atoms with Gasteiger partial charge >= 0.3 is 0 Å². The van der Waals surface area contributed by atoms with Crippen LogP contribution in [-0.2, 0) is 0 Å². The van der Waals surface area contributed by atoms with E-state index in [2.05, 4.69) is 229 Å². The fraction of sp³-hybridized carbons (Fsp3) is 0. The van der Waals surface area contributed by atoms with Crippen molar-refractivity contribution in [2.24, 2.45) is 0 Å². The number of rotatable bonds is 6. The molecule has 5 heteroatoms. The van der Waals surface area contributed by atoms with Crippen LogP contribution in [0.2, 0.25) is 0 Å². The minimum Gasteiger partial charge on any atom is -0.308 e. The smallest absolute Gasteiger partial charge is 0.164 e. The molecule has 0 saturated carbocycles. The Kier molecular flexibility index (Phi) is 8.73. The van der Waals surface area contributed by atoms with Crippen molar-refractivity contribution in [3.63, 3.8) is 0 Å². The quantitative estimate of drug-likeness (QED) is 0.167. The Morgan fingerprint density at radius 3 is 1.29 bits per heavy atom. The van der Waals surface area contributed by atoms with Crippen molar-refractivity contribution >= 4 is 85.6 Å². The van der Waals surface area contributed by atoms with Gasteiger partial charge in [0.1, 0.15) is 0 Å². The molecule has 3 aromatic heterocycles. The summed E-state index contributed by atoms with van der Waals surface area (Å²) in [6.07, 6.45) is 0. The van der Waals surface area contributed by atoms with Gasteiger partial charge in [-0.2, -0.15) is 0 Å². The third kappa shape index (κ3) is 6.39. The SMILES string of the molecule is c1ccc(-c2ccc(-c3nc(-c4cccc(-c5ccccc5)c4)nc(-c4cc(-n5c6cc7ccccc7cc6c6cc7ccccc7cc65)c5c(c4)sc4cc6ccccc6cc45)n3)cc2)cc1. The summed E-state index contributed by atoms with van der Waals surface area (Å²) in [6, 6.07) is 83.0. The highest BCUT2D eigenvalue weighted by Crippen LogP contribution is 2.45. The summed E-state index contributed by atoms with van der Waals surface area (Å²) in [5.74, 6) is 1.85. The number of nitrogens with zero attached hydrogens (tertiary/aromatic N) is 4. The van der Waals surface area contributed by atoms with E-state index in [1.807, 2.05) is 17.4 Å². The first-order valence-corrected chi connectivity index (χ1v) is 23.8. The maximum atomic E-state index is 5.41. The third-order valence-electron chi connectivity index (χ3n) is 13.5. The van der Waals surface area contributed by atoms with Crippen LogP contribution in [0.1, 0.15) is 0 Å². The first kappa shape index (κ1) is 38.5. The monoisotopic (exact) mass is 882 g/mol. The lowest BCUT2D eigenvalue weighted by Gasteiger charge is -2.14. The molecule has 0 saturated heterocycles. The van der Waals surface area contributed by atoms with Crippen molar-refractivity contribution in [2.75, 3.05) is 0 Å². The number of thiophene rings is 1. The molecule has 68 heavy (non-hydrogen) atoms. The van der Waals surface area contributed by atoms with Crippen LogP contribution in [0, 0.1) is 0 Å². The van der Waals surface area contributed by atoms with Gasteiger partial charge in [-0.25, -0.2) is 15.0 Å². The van der Waals surface area contributed by atoms with Gasteiger partial charge < -0.3 is 4.57 Å². The third-order valence-corrected chi connectivity index (χ3v) is 14.6. The van der Waals surface area contributed by atoms with Gasteiger partial charge in [-0.3, -0.25) is 0 Å². The molecule has 0 atom stereocenters. The van der Waals surface area contributed by atoms with Crippen LogP contribution in [0.3, 0.4) is 0 Å². The van der Waals surface area contributed by atoms with Crippen LogP contribution in [-0.4, -0.2) is 19.5 Å². The van der Waals surface area contributed by atoms with E-state index in [0.717, 1.165) is 55.7 Å². The molecule has 0 radical (unpaired) electrons. The summed E-state index contributed by atoms with van der Waals surface area (Å²) in [6.45, 7) is 0. The minimum atomic E-state index is 0.615. The van der Waals surface area contributed by atoms with Crippen LogP contribution in [0.5, 0.6) is 0 Å². The highest BCUT2D eigenvalue weighted by Gasteiger charge is 2.22. The molecule has 3 heterocycles. The zero-order valence-corrected chi connectivity index (χ0v) is 37.5. The van der Waals surface area contributed by atoms with Gasteiger partial charge in [0.15, 0.2) is 17.5 Å². The second-order valence-corrected chi connectivity index (χ2v) is 18.7. The Morgan fingerprint density at radius 1 is 0.279 bits per heavy atom. The van der Waals surface area contributed by atoms with Gasteiger partial charge in [-0.05, 0) is 109 Å². The molecule has 0 unspecified atom stereocenters. The first-order chi connectivity index (χ1) is 33.6. The molecular formula is C63H38N4S. The van der Waals surface area contributed by atoms with Gasteiger partial charge in [0, 0.05) is 47.6 Å². The van der Waals surface area contributed by atoms with E-state index >= 15 is 0 Å². The normalized spacial score (nSPS) is 11.8. The lowest BCUT2D eigenvalue weighted by molar-refractivity contribution is 1.07. The molecule has 316 valence electrons. The van der Waals surface area contributed by atoms with Crippen LogP contribution < -0.4 is 0 Å². The summed E-state index contributed by atoms with van der Waals surface area (Å²) in [7, 11) is 0. The fourth-order valence-electron chi connectivity index (χ4n) is 10.2. The number of hydrogen-bond donors (Lipinski definition) is 0. The second kappa shape index (κ2) is 15.4. The van der Waals surface area contributed by atoms with E-state index in [1.54, 1.807) is 0 Å². The van der Waals surface area contributed by atoms with Crippen molar-refractivity contribution in [3.8, 4) is 62.1 Å². The Morgan fingerprint density at radius 2 is 0.706 bits per heavy atom. The largest absolute Gasteiger partial charge is 0.308 e. The molecule has 0 aliphatic heterocycles. The summed E-state index contributed by atoms with van der Waals surface area (Å²) in [5, 5.41) is 12.2. The standard InChI is InChI=1S/C63H38N4S/c1-3-14-39(15-4-1)41-26-28-42(29-27-41)61-64-62(50-25-13-24-43(30-50)40-16-5-2-6-17-40)66-63(65-61)51-36-57(60-54-33-46-20-9-12-23-49(46)37-58(54)68-59(60)38-51)67-55-34-47-21-10-7-18-44(47)31-52(55)53-32-45-19-8-11-22-48(45)35-56(53)67/h1-38H. The predicted molar refractivity (Wildman–Crippen MR) is 287 cm³/mol. The van der Waals surface area contributed by atoms with Crippen molar-refractivity contribution < 1.29 is 0 Å². The first-order valence-electron chi connectivity index (χ1n) is 23.0. The van der Waals surface area contributed by atoms with Gasteiger partial charge in [0.05, 0.1) is 16.7 Å². The van der Waals surface area contributed by atoms with Crippen molar-refractivity contribution in [1.29, 1.82) is 0 Å².